The first-order valence-electron chi connectivity index (χ1n) is 10.7. The summed E-state index contributed by atoms with van der Waals surface area (Å²) < 4.78 is 0. The summed E-state index contributed by atoms with van der Waals surface area (Å²) in [6.07, 6.45) is 2.75. The largest absolute Gasteiger partial charge is 0.480 e. The van der Waals surface area contributed by atoms with Crippen molar-refractivity contribution in [2.24, 2.45) is 22.9 Å². The van der Waals surface area contributed by atoms with Gasteiger partial charge in [0, 0.05) is 6.42 Å². The number of unbranched alkanes of at least 4 members (excludes halogenated alkanes) is 2. The van der Waals surface area contributed by atoms with Crippen LogP contribution in [0.5, 0.6) is 0 Å². The van der Waals surface area contributed by atoms with Crippen LogP contribution in [0.3, 0.4) is 0 Å². The Kier molecular flexibility index (Phi) is 15.4. The van der Waals surface area contributed by atoms with Gasteiger partial charge in [0.25, 0.3) is 0 Å². The maximum atomic E-state index is 12.9. The summed E-state index contributed by atoms with van der Waals surface area (Å²) in [7, 11) is 0. The van der Waals surface area contributed by atoms with Gasteiger partial charge in [0.15, 0.2) is 0 Å². The van der Waals surface area contributed by atoms with Gasteiger partial charge in [-0.05, 0) is 58.0 Å². The van der Waals surface area contributed by atoms with Gasteiger partial charge in [0.05, 0.1) is 6.04 Å². The highest BCUT2D eigenvalue weighted by Gasteiger charge is 2.28. The molecular weight excluding hydrogens is 422 g/mol. The number of carbonyl (C=O) groups is 5. The number of rotatable bonds is 18. The molecule has 0 aliphatic carbocycles. The predicted molar refractivity (Wildman–Crippen MR) is 117 cm³/mol. The third-order valence-corrected chi connectivity index (χ3v) is 4.61. The van der Waals surface area contributed by atoms with E-state index in [1.165, 1.54) is 0 Å². The Hall–Kier alpha value is -2.77. The number of carboxylic acids is 1. The Balaban J connectivity index is 5.21. The number of aliphatic carboxylic acids is 1. The minimum absolute atomic E-state index is 0.0254. The summed E-state index contributed by atoms with van der Waals surface area (Å²) >= 11 is 0. The molecule has 0 saturated heterocycles. The lowest BCUT2D eigenvalue weighted by atomic mass is 10.0. The molecule has 0 bridgehead atoms. The van der Waals surface area contributed by atoms with Crippen LogP contribution in [0, 0.1) is 0 Å². The minimum atomic E-state index is -1.22. The van der Waals surface area contributed by atoms with E-state index in [9.17, 15) is 24.0 Å². The highest BCUT2D eigenvalue weighted by molar-refractivity contribution is 5.93. The van der Waals surface area contributed by atoms with E-state index >= 15 is 0 Å². The molecule has 0 aliphatic heterocycles. The monoisotopic (exact) mass is 459 g/mol. The Bertz CT molecular complexity index is 631. The fourth-order valence-electron chi connectivity index (χ4n) is 2.79. The molecule has 4 amide bonds. The van der Waals surface area contributed by atoms with Crippen LogP contribution in [0.2, 0.25) is 0 Å². The van der Waals surface area contributed by atoms with Crippen molar-refractivity contribution in [1.29, 1.82) is 0 Å². The Labute approximate surface area is 187 Å². The number of hydrogen-bond acceptors (Lipinski definition) is 8. The molecule has 13 heteroatoms. The first-order chi connectivity index (χ1) is 15.1. The SMILES string of the molecule is NCCCCC(NC(=O)C(N)CCC(N)=O)C(=O)NC(CCCCN)C(=O)NCC(=O)O. The van der Waals surface area contributed by atoms with E-state index in [4.69, 9.17) is 28.0 Å². The van der Waals surface area contributed by atoms with Gasteiger partial charge in [-0.25, -0.2) is 0 Å². The van der Waals surface area contributed by atoms with E-state index in [-0.39, 0.29) is 25.7 Å². The number of amides is 4. The summed E-state index contributed by atoms with van der Waals surface area (Å²) in [5.41, 5.74) is 21.8. The zero-order valence-electron chi connectivity index (χ0n) is 18.3. The molecule has 12 N–H and O–H groups in total. The molecule has 13 nitrogen and oxygen atoms in total. The molecule has 0 saturated carbocycles. The molecule has 0 aromatic heterocycles. The first-order valence-corrected chi connectivity index (χ1v) is 10.7. The molecular formula is C19H37N7O6. The van der Waals surface area contributed by atoms with Crippen molar-refractivity contribution in [2.75, 3.05) is 19.6 Å². The average molecular weight is 460 g/mol. The number of primary amides is 1. The number of nitrogens with one attached hydrogen (secondary N) is 3. The van der Waals surface area contributed by atoms with Gasteiger partial charge in [0.2, 0.25) is 23.6 Å². The van der Waals surface area contributed by atoms with Crippen LogP contribution in [-0.4, -0.2) is 72.5 Å². The summed E-state index contributed by atoms with van der Waals surface area (Å²) in [6, 6.07) is -3.02. The number of carboxylic acid groups (broad SMARTS) is 1. The van der Waals surface area contributed by atoms with Gasteiger partial charge in [-0.1, -0.05) is 0 Å². The molecule has 0 aromatic rings. The molecule has 0 spiro atoms. The molecule has 0 rings (SSSR count). The standard InChI is InChI=1S/C19H37N7O6/c20-9-3-1-5-13(18(31)24-11-16(28)29)26-19(32)14(6-2-4-10-21)25-17(30)12(22)7-8-15(23)27/h12-14H,1-11,20-22H2,(H2,23,27)(H,24,31)(H,25,30)(H,26,32)(H,28,29). The van der Waals surface area contributed by atoms with Crippen LogP contribution in [-0.2, 0) is 24.0 Å². The molecule has 0 aromatic carbocycles. The van der Waals surface area contributed by atoms with Crippen molar-refractivity contribution >= 4 is 29.6 Å². The summed E-state index contributed by atoms with van der Waals surface area (Å²) in [5, 5.41) is 16.1. The molecule has 0 fully saturated rings. The molecule has 3 unspecified atom stereocenters. The Morgan fingerprint density at radius 3 is 1.72 bits per heavy atom. The van der Waals surface area contributed by atoms with E-state index in [1.807, 2.05) is 0 Å². The number of nitrogens with two attached hydrogens (primary N) is 4. The normalized spacial score (nSPS) is 13.5. The maximum Gasteiger partial charge on any atom is 0.322 e. The van der Waals surface area contributed by atoms with Gasteiger partial charge in [-0.15, -0.1) is 0 Å². The molecule has 32 heavy (non-hydrogen) atoms. The quantitative estimate of drug-likeness (QED) is 0.0972. The van der Waals surface area contributed by atoms with Gasteiger partial charge < -0.3 is 44.0 Å². The zero-order valence-corrected chi connectivity index (χ0v) is 18.3. The molecule has 0 heterocycles. The van der Waals surface area contributed by atoms with Crippen LogP contribution < -0.4 is 38.9 Å². The smallest absolute Gasteiger partial charge is 0.322 e. The predicted octanol–water partition coefficient (Wildman–Crippen LogP) is -2.99. The van der Waals surface area contributed by atoms with Gasteiger partial charge in [-0.2, -0.15) is 0 Å². The van der Waals surface area contributed by atoms with E-state index < -0.39 is 54.3 Å². The fraction of sp³-hybridized carbons (Fsp3) is 0.737. The second kappa shape index (κ2) is 16.9. The van der Waals surface area contributed by atoms with Crippen LogP contribution in [0.1, 0.15) is 51.4 Å². The molecule has 0 aliphatic rings. The zero-order chi connectivity index (χ0) is 24.5. The van der Waals surface area contributed by atoms with Crippen molar-refractivity contribution in [2.45, 2.75) is 69.5 Å². The minimum Gasteiger partial charge on any atom is -0.480 e. The van der Waals surface area contributed by atoms with Gasteiger partial charge in [-0.3, -0.25) is 24.0 Å². The van der Waals surface area contributed by atoms with Crippen molar-refractivity contribution in [3.8, 4) is 0 Å². The summed E-state index contributed by atoms with van der Waals surface area (Å²) in [4.78, 5) is 59.2. The van der Waals surface area contributed by atoms with E-state index in [1.54, 1.807) is 0 Å². The van der Waals surface area contributed by atoms with Crippen LogP contribution in [0.4, 0.5) is 0 Å². The Morgan fingerprint density at radius 2 is 1.25 bits per heavy atom. The summed E-state index contributed by atoms with van der Waals surface area (Å²) in [6.45, 7) is 0.214. The number of hydrogen-bond donors (Lipinski definition) is 8. The maximum absolute atomic E-state index is 12.9. The fourth-order valence-corrected chi connectivity index (χ4v) is 2.79. The van der Waals surface area contributed by atoms with Crippen LogP contribution >= 0.6 is 0 Å². The van der Waals surface area contributed by atoms with Crippen molar-refractivity contribution in [1.82, 2.24) is 16.0 Å². The van der Waals surface area contributed by atoms with Gasteiger partial charge in [0.1, 0.15) is 18.6 Å². The van der Waals surface area contributed by atoms with Crippen LogP contribution in [0.15, 0.2) is 0 Å². The van der Waals surface area contributed by atoms with E-state index in [0.29, 0.717) is 38.8 Å². The Morgan fingerprint density at radius 1 is 0.750 bits per heavy atom. The second-order valence-electron chi connectivity index (χ2n) is 7.41. The summed E-state index contributed by atoms with van der Waals surface area (Å²) in [5.74, 6) is -3.71. The lowest BCUT2D eigenvalue weighted by Crippen LogP contribution is -2.56. The first kappa shape index (κ1) is 29.2. The second-order valence-corrected chi connectivity index (χ2v) is 7.41. The highest BCUT2D eigenvalue weighted by Crippen LogP contribution is 2.06. The lowest BCUT2D eigenvalue weighted by molar-refractivity contribution is -0.138. The average Bonchev–Trinajstić information content (AvgIpc) is 2.74. The van der Waals surface area contributed by atoms with Crippen molar-refractivity contribution in [3.63, 3.8) is 0 Å². The third-order valence-electron chi connectivity index (χ3n) is 4.61. The molecule has 184 valence electrons. The number of carbonyl (C=O) groups excluding carboxylic acids is 4. The third kappa shape index (κ3) is 13.5. The highest BCUT2D eigenvalue weighted by atomic mass is 16.4. The van der Waals surface area contributed by atoms with Crippen LogP contribution in [0.25, 0.3) is 0 Å². The van der Waals surface area contributed by atoms with Crippen molar-refractivity contribution in [3.05, 3.63) is 0 Å². The topological polar surface area (TPSA) is 246 Å². The van der Waals surface area contributed by atoms with Crippen molar-refractivity contribution < 1.29 is 29.1 Å². The molecule has 0 radical (unpaired) electrons. The molecule has 3 atom stereocenters. The van der Waals surface area contributed by atoms with Gasteiger partial charge >= 0.3 is 5.97 Å². The lowest BCUT2D eigenvalue weighted by Gasteiger charge is -2.24. The van der Waals surface area contributed by atoms with E-state index in [2.05, 4.69) is 16.0 Å². The van der Waals surface area contributed by atoms with E-state index in [0.717, 1.165) is 0 Å².